The van der Waals surface area contributed by atoms with E-state index >= 15 is 0 Å². The lowest BCUT2D eigenvalue weighted by Gasteiger charge is -2.13. The van der Waals surface area contributed by atoms with Crippen molar-refractivity contribution in [2.24, 2.45) is 0 Å². The molecule has 0 saturated heterocycles. The van der Waals surface area contributed by atoms with Crippen LogP contribution in [0.15, 0.2) is 91.3 Å². The second-order valence-electron chi connectivity index (χ2n) is 10.4. The first-order chi connectivity index (χ1) is 19.3. The maximum absolute atomic E-state index is 13.3. The van der Waals surface area contributed by atoms with Crippen molar-refractivity contribution in [3.05, 3.63) is 119 Å². The first-order valence-electron chi connectivity index (χ1n) is 12.9. The number of hydrogen-bond donors (Lipinski definition) is 2. The molecule has 0 radical (unpaired) electrons. The summed E-state index contributed by atoms with van der Waals surface area (Å²) >= 11 is 6.72. The lowest BCUT2D eigenvalue weighted by Crippen LogP contribution is -2.21. The number of rotatable bonds is 5. The summed E-state index contributed by atoms with van der Waals surface area (Å²) in [6.45, 7) is 1.78. The third kappa shape index (κ3) is 3.73. The molecule has 1 amide bonds. The molecule has 7 nitrogen and oxygen atoms in total. The minimum atomic E-state index is -0.964. The van der Waals surface area contributed by atoms with Crippen LogP contribution in [0.3, 0.4) is 0 Å². The molecule has 2 aliphatic rings. The second kappa shape index (κ2) is 8.89. The Hall–Kier alpha value is -4.75. The van der Waals surface area contributed by atoms with E-state index in [9.17, 15) is 14.7 Å². The van der Waals surface area contributed by atoms with Gasteiger partial charge in [0.1, 0.15) is 0 Å². The topological polar surface area (TPSA) is 97.1 Å². The predicted molar refractivity (Wildman–Crippen MR) is 153 cm³/mol. The molecule has 2 atom stereocenters. The number of nitrogens with zero attached hydrogens (tertiary/aromatic N) is 3. The van der Waals surface area contributed by atoms with E-state index in [1.807, 2.05) is 60.7 Å². The van der Waals surface area contributed by atoms with Gasteiger partial charge in [-0.25, -0.2) is 9.48 Å². The molecule has 4 aromatic carbocycles. The molecule has 1 saturated carbocycles. The number of nitrogens with one attached hydrogen (secondary N) is 1. The van der Waals surface area contributed by atoms with Crippen molar-refractivity contribution in [2.75, 3.05) is 5.32 Å². The second-order valence-corrected chi connectivity index (χ2v) is 10.8. The number of carbonyl (C=O) groups is 2. The lowest BCUT2D eigenvalue weighted by molar-refractivity contribution is -0.118. The van der Waals surface area contributed by atoms with E-state index < -0.39 is 11.4 Å². The maximum atomic E-state index is 13.3. The normalized spacial score (nSPS) is 18.9. The Morgan fingerprint density at radius 1 is 1.00 bits per heavy atom. The fraction of sp³-hybridized carbons (Fsp3) is 0.125. The number of halogens is 1. The minimum Gasteiger partial charge on any atom is -0.478 e. The fourth-order valence-electron chi connectivity index (χ4n) is 5.92. The van der Waals surface area contributed by atoms with Crippen molar-refractivity contribution in [2.45, 2.75) is 24.7 Å². The number of carboxylic acids is 1. The van der Waals surface area contributed by atoms with Crippen LogP contribution < -0.4 is 5.32 Å². The molecule has 8 heteroatoms. The highest BCUT2D eigenvalue weighted by Gasteiger charge is 2.65. The zero-order valence-corrected chi connectivity index (χ0v) is 22.2. The van der Waals surface area contributed by atoms with E-state index in [1.54, 1.807) is 30.1 Å². The Bertz CT molecular complexity index is 1810. The summed E-state index contributed by atoms with van der Waals surface area (Å²) in [6, 6.07) is 25.6. The number of hydrogen-bond acceptors (Lipinski definition) is 4. The molecule has 5 aromatic rings. The van der Waals surface area contributed by atoms with Crippen LogP contribution in [0.25, 0.3) is 27.9 Å². The zero-order chi connectivity index (χ0) is 27.6. The molecule has 7 rings (SSSR count). The van der Waals surface area contributed by atoms with Crippen LogP contribution in [-0.4, -0.2) is 32.0 Å². The Labute approximate surface area is 235 Å². The van der Waals surface area contributed by atoms with Crippen LogP contribution in [0.2, 0.25) is 5.02 Å². The van der Waals surface area contributed by atoms with E-state index in [1.165, 1.54) is 0 Å². The minimum absolute atomic E-state index is 0.0668. The van der Waals surface area contributed by atoms with Crippen LogP contribution in [0.1, 0.15) is 39.4 Å². The van der Waals surface area contributed by atoms with E-state index in [0.717, 1.165) is 44.8 Å². The largest absolute Gasteiger partial charge is 0.478 e. The standard InChI is InChI=1S/C32H23ClN4O3/c1-18-2-3-22(14-24(18)30(38)39)27-17-32(27)26-15-25(28(33)16-29(26)35-31(32)40)21-6-4-19(5-7-21)20-8-10-23(11-9-20)37-13-12-34-36-37/h2-16,27H,17H2,1H3,(H,35,40)(H,38,39). The SMILES string of the molecule is Cc1ccc(C2CC23C(=O)Nc2cc(Cl)c(-c4ccc(-c5ccc(-n6ccnn6)cc5)cc4)cc23)cc1C(=O)O. The maximum Gasteiger partial charge on any atom is 0.335 e. The summed E-state index contributed by atoms with van der Waals surface area (Å²) in [7, 11) is 0. The molecule has 2 unspecified atom stereocenters. The molecule has 1 aliphatic carbocycles. The molecule has 1 fully saturated rings. The van der Waals surface area contributed by atoms with Crippen molar-refractivity contribution >= 4 is 29.2 Å². The molecule has 0 bridgehead atoms. The van der Waals surface area contributed by atoms with Gasteiger partial charge < -0.3 is 10.4 Å². The van der Waals surface area contributed by atoms with E-state index in [4.69, 9.17) is 11.6 Å². The average Bonchev–Trinajstić information content (AvgIpc) is 3.34. The van der Waals surface area contributed by atoms with Crippen LogP contribution >= 0.6 is 11.6 Å². The van der Waals surface area contributed by atoms with E-state index in [0.29, 0.717) is 17.0 Å². The third-order valence-corrected chi connectivity index (χ3v) is 8.49. The van der Waals surface area contributed by atoms with Gasteiger partial charge in [-0.3, -0.25) is 4.79 Å². The van der Waals surface area contributed by atoms with Crippen LogP contribution in [0.4, 0.5) is 5.69 Å². The van der Waals surface area contributed by atoms with Gasteiger partial charge in [-0.1, -0.05) is 65.3 Å². The van der Waals surface area contributed by atoms with Crippen molar-refractivity contribution < 1.29 is 14.7 Å². The third-order valence-electron chi connectivity index (χ3n) is 8.18. The van der Waals surface area contributed by atoms with Gasteiger partial charge in [-0.2, -0.15) is 0 Å². The van der Waals surface area contributed by atoms with Crippen molar-refractivity contribution in [3.63, 3.8) is 0 Å². The summed E-state index contributed by atoms with van der Waals surface area (Å²) < 4.78 is 1.71. The summed E-state index contributed by atoms with van der Waals surface area (Å²) in [5, 5.41) is 21.0. The first kappa shape index (κ1) is 24.3. The van der Waals surface area contributed by atoms with E-state index in [2.05, 4.69) is 27.8 Å². The van der Waals surface area contributed by atoms with Crippen molar-refractivity contribution in [3.8, 4) is 27.9 Å². The molecule has 2 N–H and O–H groups in total. The highest BCUT2D eigenvalue weighted by Crippen LogP contribution is 2.65. The smallest absolute Gasteiger partial charge is 0.335 e. The predicted octanol–water partition coefficient (Wildman–Crippen LogP) is 6.64. The average molecular weight is 547 g/mol. The van der Waals surface area contributed by atoms with Gasteiger partial charge in [0, 0.05) is 17.2 Å². The van der Waals surface area contributed by atoms with Gasteiger partial charge in [0.05, 0.1) is 34.1 Å². The number of fused-ring (bicyclic) bond motifs is 2. The Morgan fingerprint density at radius 2 is 1.70 bits per heavy atom. The Morgan fingerprint density at radius 3 is 2.38 bits per heavy atom. The molecular formula is C32H23ClN4O3. The van der Waals surface area contributed by atoms with Crippen molar-refractivity contribution in [1.29, 1.82) is 0 Å². The number of benzene rings is 4. The van der Waals surface area contributed by atoms with Gasteiger partial charge in [-0.15, -0.1) is 5.10 Å². The van der Waals surface area contributed by atoms with Gasteiger partial charge >= 0.3 is 5.97 Å². The van der Waals surface area contributed by atoms with Crippen LogP contribution in [-0.2, 0) is 10.2 Å². The van der Waals surface area contributed by atoms with Crippen molar-refractivity contribution in [1.82, 2.24) is 15.0 Å². The van der Waals surface area contributed by atoms with Gasteiger partial charge in [-0.05, 0) is 77.1 Å². The Kier molecular flexibility index (Phi) is 5.40. The zero-order valence-electron chi connectivity index (χ0n) is 21.4. The summed E-state index contributed by atoms with van der Waals surface area (Å²) in [4.78, 5) is 25.0. The number of anilines is 1. The molecule has 40 heavy (non-hydrogen) atoms. The summed E-state index contributed by atoms with van der Waals surface area (Å²) in [5.74, 6) is -1.12. The first-order valence-corrected chi connectivity index (χ1v) is 13.3. The molecule has 1 aromatic heterocycles. The molecular weight excluding hydrogens is 524 g/mol. The number of aryl methyl sites for hydroxylation is 1. The molecule has 2 heterocycles. The Balaban J connectivity index is 1.20. The van der Waals surface area contributed by atoms with Gasteiger partial charge in [0.25, 0.3) is 0 Å². The van der Waals surface area contributed by atoms with Crippen LogP contribution in [0.5, 0.6) is 0 Å². The number of aromatic carboxylic acids is 1. The molecule has 1 spiro atoms. The highest BCUT2D eigenvalue weighted by molar-refractivity contribution is 6.34. The molecule has 196 valence electrons. The van der Waals surface area contributed by atoms with Gasteiger partial charge in [0.2, 0.25) is 5.91 Å². The lowest BCUT2D eigenvalue weighted by atomic mass is 9.89. The van der Waals surface area contributed by atoms with E-state index in [-0.39, 0.29) is 17.4 Å². The molecule has 1 aliphatic heterocycles. The number of amides is 1. The monoisotopic (exact) mass is 546 g/mol. The number of carboxylic acid groups (broad SMARTS) is 1. The number of aromatic nitrogens is 3. The summed E-state index contributed by atoms with van der Waals surface area (Å²) in [5.41, 5.74) is 7.61. The van der Waals surface area contributed by atoms with Gasteiger partial charge in [0.15, 0.2) is 0 Å². The highest BCUT2D eigenvalue weighted by atomic mass is 35.5. The fourth-order valence-corrected chi connectivity index (χ4v) is 6.19. The quantitative estimate of drug-likeness (QED) is 0.257. The number of carbonyl (C=O) groups excluding carboxylic acids is 1. The summed E-state index contributed by atoms with van der Waals surface area (Å²) in [6.07, 6.45) is 4.07. The van der Waals surface area contributed by atoms with Crippen LogP contribution in [0, 0.1) is 6.92 Å².